The van der Waals surface area contributed by atoms with Gasteiger partial charge in [-0.1, -0.05) is 6.07 Å². The molecule has 0 saturated carbocycles. The average molecular weight is 289 g/mol. The molecule has 0 aliphatic carbocycles. The maximum atomic E-state index is 12.0. The van der Waals surface area contributed by atoms with E-state index in [0.29, 0.717) is 18.6 Å². The van der Waals surface area contributed by atoms with Crippen molar-refractivity contribution in [2.24, 2.45) is 0 Å². The fourth-order valence-corrected chi connectivity index (χ4v) is 2.14. The van der Waals surface area contributed by atoms with Crippen LogP contribution < -0.4 is 5.56 Å². The first-order valence-corrected chi connectivity index (χ1v) is 6.83. The maximum absolute atomic E-state index is 12.0. The molecule has 0 unspecified atom stereocenters. The topological polar surface area (TPSA) is 63.9 Å². The molecule has 0 saturated heterocycles. The Labute approximate surface area is 123 Å². The van der Waals surface area contributed by atoms with E-state index in [0.717, 1.165) is 18.7 Å². The molecule has 0 aromatic carbocycles. The molecule has 0 aliphatic rings. The molecule has 21 heavy (non-hydrogen) atoms. The van der Waals surface area contributed by atoms with Crippen LogP contribution >= 0.6 is 0 Å². The Kier molecular flexibility index (Phi) is 5.05. The summed E-state index contributed by atoms with van der Waals surface area (Å²) in [5.74, 6) is -0.203. The van der Waals surface area contributed by atoms with Crippen molar-refractivity contribution in [1.29, 1.82) is 0 Å². The van der Waals surface area contributed by atoms with E-state index >= 15 is 0 Å². The first-order chi connectivity index (χ1) is 10.1. The summed E-state index contributed by atoms with van der Waals surface area (Å²) in [7, 11) is 3.32. The summed E-state index contributed by atoms with van der Waals surface area (Å²) >= 11 is 0. The lowest BCUT2D eigenvalue weighted by Crippen LogP contribution is -2.23. The summed E-state index contributed by atoms with van der Waals surface area (Å²) in [5.41, 5.74) is 1.29. The molecule has 112 valence electrons. The highest BCUT2D eigenvalue weighted by Gasteiger charge is 2.06. The van der Waals surface area contributed by atoms with E-state index in [1.807, 2.05) is 24.1 Å². The minimum absolute atomic E-state index is 0.0847. The summed E-state index contributed by atoms with van der Waals surface area (Å²) < 4.78 is 6.11. The highest BCUT2D eigenvalue weighted by molar-refractivity contribution is 5.69. The molecule has 0 bridgehead atoms. The Hall–Kier alpha value is -2.21. The van der Waals surface area contributed by atoms with E-state index in [1.54, 1.807) is 18.3 Å². The van der Waals surface area contributed by atoms with Gasteiger partial charge in [0.1, 0.15) is 5.65 Å². The van der Waals surface area contributed by atoms with Crippen molar-refractivity contribution in [2.75, 3.05) is 20.7 Å². The Balaban J connectivity index is 1.99. The van der Waals surface area contributed by atoms with Crippen molar-refractivity contribution < 1.29 is 9.53 Å². The lowest BCUT2D eigenvalue weighted by Gasteiger charge is -2.15. The third-order valence-electron chi connectivity index (χ3n) is 3.20. The van der Waals surface area contributed by atoms with Gasteiger partial charge in [-0.2, -0.15) is 0 Å². The van der Waals surface area contributed by atoms with E-state index in [-0.39, 0.29) is 11.5 Å². The van der Waals surface area contributed by atoms with Crippen molar-refractivity contribution in [3.05, 3.63) is 46.5 Å². The zero-order valence-corrected chi connectivity index (χ0v) is 12.3. The Bertz CT molecular complexity index is 681. The predicted molar refractivity (Wildman–Crippen MR) is 79.0 cm³/mol. The van der Waals surface area contributed by atoms with Crippen LogP contribution in [0.4, 0.5) is 0 Å². The lowest BCUT2D eigenvalue weighted by molar-refractivity contribution is -0.140. The first-order valence-electron chi connectivity index (χ1n) is 6.83. The summed E-state index contributed by atoms with van der Waals surface area (Å²) in [5, 5.41) is 0. The number of methoxy groups -OCH3 is 1. The molecule has 0 fully saturated rings. The Morgan fingerprint density at radius 1 is 1.43 bits per heavy atom. The molecular formula is C15H19N3O3. The van der Waals surface area contributed by atoms with Crippen molar-refractivity contribution in [1.82, 2.24) is 14.3 Å². The van der Waals surface area contributed by atoms with Crippen LogP contribution in [0.2, 0.25) is 0 Å². The number of fused-ring (bicyclic) bond motifs is 1. The fraction of sp³-hybridized carbons (Fsp3) is 0.400. The largest absolute Gasteiger partial charge is 0.469 e. The van der Waals surface area contributed by atoms with Gasteiger partial charge in [0, 0.05) is 25.2 Å². The molecule has 0 atom stereocenters. The molecule has 0 radical (unpaired) electrons. The van der Waals surface area contributed by atoms with Crippen LogP contribution in [-0.2, 0) is 16.1 Å². The van der Waals surface area contributed by atoms with Gasteiger partial charge < -0.3 is 9.64 Å². The van der Waals surface area contributed by atoms with Gasteiger partial charge in [-0.3, -0.25) is 14.0 Å². The number of carbonyl (C=O) groups excluding carboxylic acids is 1. The number of pyridine rings is 1. The molecule has 2 rings (SSSR count). The second kappa shape index (κ2) is 6.99. The Morgan fingerprint density at radius 2 is 2.24 bits per heavy atom. The number of ether oxygens (including phenoxy) is 1. The van der Waals surface area contributed by atoms with Crippen LogP contribution in [-0.4, -0.2) is 41.0 Å². The highest BCUT2D eigenvalue weighted by atomic mass is 16.5. The van der Waals surface area contributed by atoms with Crippen LogP contribution in [0.5, 0.6) is 0 Å². The standard InChI is InChI=1S/C15H19N3O3/c1-17(8-5-7-15(20)21-2)11-12-10-14(19)18-9-4-3-6-13(18)16-12/h3-4,6,9-10H,5,7-8,11H2,1-2H3. The van der Waals surface area contributed by atoms with Crippen LogP contribution in [0.15, 0.2) is 35.3 Å². The summed E-state index contributed by atoms with van der Waals surface area (Å²) in [6.07, 6.45) is 2.82. The molecule has 0 spiro atoms. The molecule has 2 aromatic heterocycles. The monoisotopic (exact) mass is 289 g/mol. The number of rotatable bonds is 6. The molecule has 2 heterocycles. The second-order valence-corrected chi connectivity index (χ2v) is 4.93. The normalized spacial score (nSPS) is 11.0. The highest BCUT2D eigenvalue weighted by Crippen LogP contribution is 2.03. The van der Waals surface area contributed by atoms with Gasteiger partial charge in [-0.05, 0) is 32.1 Å². The van der Waals surface area contributed by atoms with Crippen LogP contribution in [0, 0.1) is 0 Å². The fourth-order valence-electron chi connectivity index (χ4n) is 2.14. The molecule has 6 nitrogen and oxygen atoms in total. The van der Waals surface area contributed by atoms with E-state index in [2.05, 4.69) is 9.72 Å². The zero-order valence-electron chi connectivity index (χ0n) is 12.3. The van der Waals surface area contributed by atoms with Crippen LogP contribution in [0.1, 0.15) is 18.5 Å². The number of carbonyl (C=O) groups is 1. The molecule has 0 aliphatic heterocycles. The third-order valence-corrected chi connectivity index (χ3v) is 3.20. The quantitative estimate of drug-likeness (QED) is 0.745. The van der Waals surface area contributed by atoms with Gasteiger partial charge in [-0.15, -0.1) is 0 Å². The van der Waals surface area contributed by atoms with Crippen molar-refractivity contribution in [3.63, 3.8) is 0 Å². The zero-order chi connectivity index (χ0) is 15.2. The molecule has 6 heteroatoms. The third kappa shape index (κ3) is 4.13. The SMILES string of the molecule is COC(=O)CCCN(C)Cc1cc(=O)n2ccccc2n1. The molecule has 2 aromatic rings. The van der Waals surface area contributed by atoms with E-state index in [4.69, 9.17) is 0 Å². The minimum atomic E-state index is -0.203. The summed E-state index contributed by atoms with van der Waals surface area (Å²) in [4.78, 5) is 29.5. The van der Waals surface area contributed by atoms with Crippen molar-refractivity contribution >= 4 is 11.6 Å². The predicted octanol–water partition coefficient (Wildman–Crippen LogP) is 1.08. The van der Waals surface area contributed by atoms with E-state index < -0.39 is 0 Å². The Morgan fingerprint density at radius 3 is 3.00 bits per heavy atom. The number of hydrogen-bond acceptors (Lipinski definition) is 5. The van der Waals surface area contributed by atoms with Crippen molar-refractivity contribution in [3.8, 4) is 0 Å². The second-order valence-electron chi connectivity index (χ2n) is 4.93. The van der Waals surface area contributed by atoms with E-state index in [9.17, 15) is 9.59 Å². The first kappa shape index (κ1) is 15.2. The number of esters is 1. The van der Waals surface area contributed by atoms with Crippen molar-refractivity contribution in [2.45, 2.75) is 19.4 Å². The van der Waals surface area contributed by atoms with Crippen LogP contribution in [0.3, 0.4) is 0 Å². The smallest absolute Gasteiger partial charge is 0.305 e. The average Bonchev–Trinajstić information content (AvgIpc) is 2.47. The van der Waals surface area contributed by atoms with E-state index in [1.165, 1.54) is 11.5 Å². The molecular weight excluding hydrogens is 270 g/mol. The van der Waals surface area contributed by atoms with Gasteiger partial charge in [0.2, 0.25) is 0 Å². The van der Waals surface area contributed by atoms with Crippen LogP contribution in [0.25, 0.3) is 5.65 Å². The number of hydrogen-bond donors (Lipinski definition) is 0. The molecule has 0 N–H and O–H groups in total. The minimum Gasteiger partial charge on any atom is -0.469 e. The number of aromatic nitrogens is 2. The lowest BCUT2D eigenvalue weighted by atomic mass is 10.3. The maximum Gasteiger partial charge on any atom is 0.305 e. The van der Waals surface area contributed by atoms with Gasteiger partial charge in [0.25, 0.3) is 5.56 Å². The van der Waals surface area contributed by atoms with Gasteiger partial charge in [0.05, 0.1) is 12.8 Å². The summed E-state index contributed by atoms with van der Waals surface area (Å²) in [6, 6.07) is 7.01. The molecule has 0 amide bonds. The van der Waals surface area contributed by atoms with Gasteiger partial charge in [-0.25, -0.2) is 4.98 Å². The van der Waals surface area contributed by atoms with Gasteiger partial charge in [0.15, 0.2) is 0 Å². The number of nitrogens with zero attached hydrogens (tertiary/aromatic N) is 3. The van der Waals surface area contributed by atoms with Gasteiger partial charge >= 0.3 is 5.97 Å². The summed E-state index contributed by atoms with van der Waals surface area (Å²) in [6.45, 7) is 1.31.